The lowest BCUT2D eigenvalue weighted by molar-refractivity contribution is -0.384. The van der Waals surface area contributed by atoms with Crippen molar-refractivity contribution in [3.63, 3.8) is 0 Å². The number of rotatable bonds is 7. The van der Waals surface area contributed by atoms with Crippen molar-refractivity contribution in [2.75, 3.05) is 69.8 Å². The van der Waals surface area contributed by atoms with Gasteiger partial charge >= 0.3 is 0 Å². The predicted octanol–water partition coefficient (Wildman–Crippen LogP) is 2.51. The van der Waals surface area contributed by atoms with E-state index >= 15 is 0 Å². The first-order valence-corrected chi connectivity index (χ1v) is 17.9. The minimum Gasteiger partial charge on any atom is -0.489 e. The first-order valence-electron chi connectivity index (χ1n) is 16.4. The number of pyridine rings is 1. The molecule has 0 aliphatic carbocycles. The molecule has 2 fully saturated rings. The summed E-state index contributed by atoms with van der Waals surface area (Å²) in [7, 11) is -2.48. The Balaban J connectivity index is 1.23. The SMILES string of the molecule is CN1CCN(C[C@@H]2COc3cc(S(=O)(=O)c4cccc(C(N)=O)c4N4c5cc6cc[nH]c6nc5O[C@H]5COCC[C@@H]54)cc([N+](=O)[O-])c3N2)CC1. The highest BCUT2D eigenvalue weighted by Crippen LogP contribution is 2.48. The summed E-state index contributed by atoms with van der Waals surface area (Å²) in [6.07, 6.45) is 1.63. The Kier molecular flexibility index (Phi) is 8.01. The molecule has 16 nitrogen and oxygen atoms in total. The second kappa shape index (κ2) is 12.4. The van der Waals surface area contributed by atoms with E-state index in [2.05, 4.69) is 32.1 Å². The Morgan fingerprint density at radius 3 is 2.74 bits per heavy atom. The molecule has 2 aromatic heterocycles. The standard InChI is InChI=1S/C33H36N8O8S/c1-38-8-10-39(11-9-38)16-20-17-48-26-15-21(14-24(41(43)44)29(26)36-20)50(45,46)28-4-2-3-22(31(34)42)30(28)40-23-6-12-47-18-27(23)49-33-25(40)13-19-5-7-35-32(19)37-33/h2-5,7,13-15,20,23,27,36H,6,8-12,16-18H2,1H3,(H2,34,42)(H,35,37)/t20-,23+,27+/m1/s1. The van der Waals surface area contributed by atoms with Crippen LogP contribution < -0.4 is 25.4 Å². The summed E-state index contributed by atoms with van der Waals surface area (Å²) >= 11 is 0. The van der Waals surface area contributed by atoms with Crippen LogP contribution in [-0.4, -0.2) is 117 Å². The van der Waals surface area contributed by atoms with Gasteiger partial charge in [-0.15, -0.1) is 0 Å². The number of piperazine rings is 1. The van der Waals surface area contributed by atoms with Gasteiger partial charge in [-0.2, -0.15) is 4.98 Å². The number of hydrogen-bond acceptors (Lipinski definition) is 13. The number of benzene rings is 2. The van der Waals surface area contributed by atoms with Crippen LogP contribution in [0.25, 0.3) is 11.0 Å². The number of sulfone groups is 1. The highest BCUT2D eigenvalue weighted by molar-refractivity contribution is 7.91. The molecule has 6 heterocycles. The molecule has 17 heteroatoms. The molecule has 4 aliphatic rings. The third-order valence-electron chi connectivity index (χ3n) is 9.82. The number of para-hydroxylation sites is 1. The lowest BCUT2D eigenvalue weighted by Gasteiger charge is -2.45. The Hall–Kier alpha value is -4.97. The van der Waals surface area contributed by atoms with Gasteiger partial charge in [0.2, 0.25) is 15.7 Å². The quantitative estimate of drug-likeness (QED) is 0.188. The average molecular weight is 705 g/mol. The van der Waals surface area contributed by atoms with Gasteiger partial charge in [-0.3, -0.25) is 19.8 Å². The maximum absolute atomic E-state index is 14.8. The number of aromatic nitrogens is 2. The Bertz CT molecular complexity index is 2120. The summed E-state index contributed by atoms with van der Waals surface area (Å²) in [6.45, 7) is 4.96. The molecule has 0 saturated carbocycles. The van der Waals surface area contributed by atoms with Crippen molar-refractivity contribution in [1.29, 1.82) is 0 Å². The zero-order valence-electron chi connectivity index (χ0n) is 27.2. The van der Waals surface area contributed by atoms with Crippen molar-refractivity contribution >= 4 is 49.5 Å². The summed E-state index contributed by atoms with van der Waals surface area (Å²) in [5, 5.41) is 16.4. The van der Waals surface area contributed by atoms with Gasteiger partial charge in [0.25, 0.3) is 11.6 Å². The fourth-order valence-electron chi connectivity index (χ4n) is 7.25. The molecule has 1 amide bonds. The molecule has 8 rings (SSSR count). The van der Waals surface area contributed by atoms with Gasteiger partial charge in [-0.25, -0.2) is 8.42 Å². The van der Waals surface area contributed by atoms with Crippen molar-refractivity contribution in [1.82, 2.24) is 19.8 Å². The number of nitrogens with one attached hydrogen (secondary N) is 2. The molecule has 0 radical (unpaired) electrons. The fourth-order valence-corrected chi connectivity index (χ4v) is 8.76. The second-order valence-electron chi connectivity index (χ2n) is 13.0. The van der Waals surface area contributed by atoms with Gasteiger partial charge in [0, 0.05) is 63.0 Å². The molecule has 4 N–H and O–H groups in total. The van der Waals surface area contributed by atoms with Crippen molar-refractivity contribution in [2.45, 2.75) is 34.4 Å². The number of nitro groups is 1. The summed E-state index contributed by atoms with van der Waals surface area (Å²) in [5.74, 6) is -0.565. The fraction of sp³-hybridized carbons (Fsp3) is 0.394. The van der Waals surface area contributed by atoms with E-state index in [4.69, 9.17) is 19.9 Å². The lowest BCUT2D eigenvalue weighted by atomic mass is 9.98. The molecule has 0 spiro atoms. The molecule has 4 aromatic rings. The maximum Gasteiger partial charge on any atom is 0.297 e. The largest absolute Gasteiger partial charge is 0.489 e. The van der Waals surface area contributed by atoms with Crippen molar-refractivity contribution in [3.05, 3.63) is 64.3 Å². The molecular weight excluding hydrogens is 668 g/mol. The monoisotopic (exact) mass is 704 g/mol. The molecule has 3 atom stereocenters. The van der Waals surface area contributed by atoms with Gasteiger partial charge in [0.15, 0.2) is 11.4 Å². The highest BCUT2D eigenvalue weighted by Gasteiger charge is 2.44. The number of fused-ring (bicyclic) bond motifs is 4. The van der Waals surface area contributed by atoms with Crippen LogP contribution in [0.5, 0.6) is 11.6 Å². The summed E-state index contributed by atoms with van der Waals surface area (Å²) in [5.41, 5.74) is 6.60. The third-order valence-corrected chi connectivity index (χ3v) is 11.6. The van der Waals surface area contributed by atoms with Gasteiger partial charge in [0.05, 0.1) is 44.7 Å². The van der Waals surface area contributed by atoms with Gasteiger partial charge < -0.3 is 40.0 Å². The number of nitrogens with zero attached hydrogens (tertiary/aromatic N) is 5. The average Bonchev–Trinajstić information content (AvgIpc) is 3.57. The van der Waals surface area contributed by atoms with E-state index in [0.717, 1.165) is 37.6 Å². The molecule has 2 aromatic carbocycles. The van der Waals surface area contributed by atoms with Crippen LogP contribution in [0.3, 0.4) is 0 Å². The number of nitrogens with two attached hydrogens (primary N) is 1. The first-order chi connectivity index (χ1) is 24.1. The van der Waals surface area contributed by atoms with Gasteiger partial charge in [0.1, 0.15) is 24.0 Å². The topological polar surface area (TPSA) is 198 Å². The molecule has 262 valence electrons. The molecule has 2 saturated heterocycles. The van der Waals surface area contributed by atoms with Gasteiger partial charge in [-0.05, 0) is 37.7 Å². The van der Waals surface area contributed by atoms with Crippen LogP contribution >= 0.6 is 0 Å². The Morgan fingerprint density at radius 2 is 1.96 bits per heavy atom. The van der Waals surface area contributed by atoms with Crippen LogP contribution in [-0.2, 0) is 14.6 Å². The number of hydrogen-bond donors (Lipinski definition) is 3. The number of H-pyrrole nitrogens is 1. The zero-order valence-corrected chi connectivity index (χ0v) is 28.0. The number of nitro benzene ring substituents is 1. The number of amides is 1. The van der Waals surface area contributed by atoms with E-state index in [9.17, 15) is 23.3 Å². The number of carbonyl (C=O) groups excluding carboxylic acids is 1. The normalized spacial score (nSPS) is 22.4. The molecule has 50 heavy (non-hydrogen) atoms. The lowest BCUT2D eigenvalue weighted by Crippen LogP contribution is -2.53. The van der Waals surface area contributed by atoms with Crippen molar-refractivity contribution in [2.24, 2.45) is 5.73 Å². The van der Waals surface area contributed by atoms with Crippen LogP contribution in [0.15, 0.2) is 58.5 Å². The maximum atomic E-state index is 14.8. The van der Waals surface area contributed by atoms with E-state index in [1.165, 1.54) is 24.3 Å². The van der Waals surface area contributed by atoms with Gasteiger partial charge in [-0.1, -0.05) is 6.07 Å². The molecule has 0 bridgehead atoms. The highest BCUT2D eigenvalue weighted by atomic mass is 32.2. The van der Waals surface area contributed by atoms with Crippen LogP contribution in [0.2, 0.25) is 0 Å². The Labute approximate surface area is 287 Å². The number of aromatic amines is 1. The molecule has 4 aliphatic heterocycles. The van der Waals surface area contributed by atoms with E-state index in [0.29, 0.717) is 30.9 Å². The van der Waals surface area contributed by atoms with Crippen LogP contribution in [0.1, 0.15) is 16.8 Å². The second-order valence-corrected chi connectivity index (χ2v) is 15.0. The van der Waals surface area contributed by atoms with E-state index < -0.39 is 38.5 Å². The predicted molar refractivity (Wildman–Crippen MR) is 182 cm³/mol. The zero-order chi connectivity index (χ0) is 34.7. The summed E-state index contributed by atoms with van der Waals surface area (Å²) in [4.78, 5) is 38.2. The minimum atomic E-state index is -4.55. The van der Waals surface area contributed by atoms with Crippen LogP contribution in [0, 0.1) is 10.1 Å². The smallest absolute Gasteiger partial charge is 0.297 e. The van der Waals surface area contributed by atoms with Crippen LogP contribution in [0.4, 0.5) is 22.7 Å². The first kappa shape index (κ1) is 32.2. The van der Waals surface area contributed by atoms with E-state index in [1.54, 1.807) is 11.1 Å². The summed E-state index contributed by atoms with van der Waals surface area (Å²) < 4.78 is 47.5. The third kappa shape index (κ3) is 5.55. The van der Waals surface area contributed by atoms with E-state index in [1.807, 2.05) is 12.1 Å². The molecule has 0 unspecified atom stereocenters. The Morgan fingerprint density at radius 1 is 1.14 bits per heavy atom. The number of ether oxygens (including phenoxy) is 3. The van der Waals surface area contributed by atoms with E-state index in [-0.39, 0.29) is 57.6 Å². The van der Waals surface area contributed by atoms with Crippen molar-refractivity contribution < 1.29 is 32.3 Å². The number of carbonyl (C=O) groups is 1. The summed E-state index contributed by atoms with van der Waals surface area (Å²) in [6, 6.07) is 9.56. The van der Waals surface area contributed by atoms with Crippen molar-refractivity contribution in [3.8, 4) is 11.6 Å². The molecular formula is C33H36N8O8S. The minimum absolute atomic E-state index is 0.0322. The number of anilines is 3. The number of likely N-dealkylation sites (N-methyl/N-ethyl adjacent to an activating group) is 1. The number of primary amides is 1.